The van der Waals surface area contributed by atoms with Crippen LogP contribution in [-0.2, 0) is 0 Å². The molecule has 0 bridgehead atoms. The molecular weight excluding hydrogens is 192 g/mol. The Morgan fingerprint density at radius 3 is 3.07 bits per heavy atom. The number of nitrogens with two attached hydrogens (primary N) is 1. The first-order valence-electron chi connectivity index (χ1n) is 5.01. The fourth-order valence-electron chi connectivity index (χ4n) is 1.78. The summed E-state index contributed by atoms with van der Waals surface area (Å²) in [4.78, 5) is 3.80. The first-order chi connectivity index (χ1) is 6.83. The zero-order valence-corrected chi connectivity index (χ0v) is 9.26. The van der Waals surface area contributed by atoms with Crippen molar-refractivity contribution in [2.45, 2.75) is 17.9 Å². The third-order valence-corrected chi connectivity index (χ3v) is 3.68. The Hall–Kier alpha value is -0.670. The molecule has 0 radical (unpaired) electrons. The second-order valence-corrected chi connectivity index (χ2v) is 4.73. The van der Waals surface area contributed by atoms with E-state index >= 15 is 0 Å². The van der Waals surface area contributed by atoms with Gasteiger partial charge in [-0.15, -0.1) is 11.8 Å². The van der Waals surface area contributed by atoms with Crippen molar-refractivity contribution in [3.05, 3.63) is 24.3 Å². The van der Waals surface area contributed by atoms with Crippen molar-refractivity contribution in [2.75, 3.05) is 23.7 Å². The van der Waals surface area contributed by atoms with Gasteiger partial charge < -0.3 is 10.6 Å². The van der Waals surface area contributed by atoms with Gasteiger partial charge in [0.2, 0.25) is 0 Å². The summed E-state index contributed by atoms with van der Waals surface area (Å²) < 4.78 is 0. The van der Waals surface area contributed by atoms with Crippen LogP contribution in [0.2, 0.25) is 0 Å². The van der Waals surface area contributed by atoms with E-state index in [0.29, 0.717) is 6.04 Å². The van der Waals surface area contributed by atoms with Crippen LogP contribution in [0, 0.1) is 0 Å². The van der Waals surface area contributed by atoms with E-state index in [4.69, 9.17) is 5.73 Å². The zero-order valence-electron chi connectivity index (χ0n) is 8.44. The van der Waals surface area contributed by atoms with Crippen LogP contribution in [0.5, 0.6) is 0 Å². The van der Waals surface area contributed by atoms with E-state index in [1.165, 1.54) is 16.3 Å². The predicted molar refractivity (Wildman–Crippen MR) is 63.0 cm³/mol. The van der Waals surface area contributed by atoms with Gasteiger partial charge in [-0.25, -0.2) is 0 Å². The van der Waals surface area contributed by atoms with Crippen LogP contribution in [-0.4, -0.2) is 24.9 Å². The molecule has 1 heterocycles. The molecule has 1 aromatic carbocycles. The third-order valence-electron chi connectivity index (χ3n) is 2.64. The van der Waals surface area contributed by atoms with E-state index in [1.54, 1.807) is 0 Å². The number of hydrogen-bond donors (Lipinski definition) is 1. The number of anilines is 1. The Morgan fingerprint density at radius 2 is 2.29 bits per heavy atom. The quantitative estimate of drug-likeness (QED) is 0.805. The van der Waals surface area contributed by atoms with Gasteiger partial charge in [0.05, 0.1) is 5.69 Å². The fraction of sp³-hybridized carbons (Fsp3) is 0.455. The molecule has 3 heteroatoms. The third kappa shape index (κ3) is 1.74. The van der Waals surface area contributed by atoms with Crippen LogP contribution < -0.4 is 10.6 Å². The molecule has 1 aliphatic heterocycles. The van der Waals surface area contributed by atoms with E-state index < -0.39 is 0 Å². The van der Waals surface area contributed by atoms with E-state index in [1.807, 2.05) is 11.8 Å². The first-order valence-corrected chi connectivity index (χ1v) is 6.00. The van der Waals surface area contributed by atoms with Crippen molar-refractivity contribution in [1.82, 2.24) is 0 Å². The summed E-state index contributed by atoms with van der Waals surface area (Å²) in [5, 5.41) is 0. The molecule has 2 nitrogen and oxygen atoms in total. The van der Waals surface area contributed by atoms with E-state index in [-0.39, 0.29) is 0 Å². The molecule has 76 valence electrons. The molecule has 2 rings (SSSR count). The van der Waals surface area contributed by atoms with Crippen molar-refractivity contribution < 1.29 is 0 Å². The smallest absolute Gasteiger partial charge is 0.0507 e. The van der Waals surface area contributed by atoms with E-state index in [9.17, 15) is 0 Å². The maximum absolute atomic E-state index is 5.71. The highest BCUT2D eigenvalue weighted by Crippen LogP contribution is 2.35. The van der Waals surface area contributed by atoms with Crippen molar-refractivity contribution in [2.24, 2.45) is 5.73 Å². The number of benzene rings is 1. The highest BCUT2D eigenvalue weighted by atomic mass is 32.2. The molecule has 0 amide bonds. The van der Waals surface area contributed by atoms with Gasteiger partial charge in [0.25, 0.3) is 0 Å². The fourth-order valence-corrected chi connectivity index (χ4v) is 2.79. The van der Waals surface area contributed by atoms with Crippen molar-refractivity contribution in [1.29, 1.82) is 0 Å². The van der Waals surface area contributed by atoms with Crippen LogP contribution in [0.25, 0.3) is 0 Å². The molecule has 0 aromatic heterocycles. The molecule has 0 spiro atoms. The largest absolute Gasteiger partial charge is 0.366 e. The Labute approximate surface area is 89.5 Å². The Bertz CT molecular complexity index is 314. The highest BCUT2D eigenvalue weighted by molar-refractivity contribution is 7.99. The summed E-state index contributed by atoms with van der Waals surface area (Å²) in [5.74, 6) is 1.17. The lowest BCUT2D eigenvalue weighted by atomic mass is 10.2. The number of nitrogens with zero attached hydrogens (tertiary/aromatic N) is 1. The van der Waals surface area contributed by atoms with Crippen LogP contribution in [0.4, 0.5) is 5.69 Å². The lowest BCUT2D eigenvalue weighted by Gasteiger charge is -2.35. The average molecular weight is 208 g/mol. The normalized spacial score (nSPS) is 17.7. The number of thioether (sulfide) groups is 1. The molecular formula is C11H16N2S. The van der Waals surface area contributed by atoms with Gasteiger partial charge in [0, 0.05) is 29.8 Å². The van der Waals surface area contributed by atoms with Gasteiger partial charge in [-0.05, 0) is 19.1 Å². The van der Waals surface area contributed by atoms with Crippen LogP contribution in [0.15, 0.2) is 29.2 Å². The average Bonchev–Trinajstić information content (AvgIpc) is 2.27. The molecule has 0 aliphatic carbocycles. The Morgan fingerprint density at radius 1 is 1.50 bits per heavy atom. The molecule has 0 saturated carbocycles. The van der Waals surface area contributed by atoms with Gasteiger partial charge in [-0.2, -0.15) is 0 Å². The van der Waals surface area contributed by atoms with Crippen LogP contribution in [0.1, 0.15) is 6.92 Å². The van der Waals surface area contributed by atoms with Crippen molar-refractivity contribution >= 4 is 17.4 Å². The molecule has 2 N–H and O–H groups in total. The Balaban J connectivity index is 2.30. The monoisotopic (exact) mass is 208 g/mol. The molecule has 1 aromatic rings. The molecule has 1 unspecified atom stereocenters. The van der Waals surface area contributed by atoms with E-state index in [0.717, 1.165) is 13.1 Å². The van der Waals surface area contributed by atoms with Gasteiger partial charge in [0.1, 0.15) is 0 Å². The summed E-state index contributed by atoms with van der Waals surface area (Å²) in [6, 6.07) is 9.02. The highest BCUT2D eigenvalue weighted by Gasteiger charge is 2.19. The SMILES string of the molecule is CC(CN)N1CCSc2ccccc21. The Kier molecular flexibility index (Phi) is 2.99. The van der Waals surface area contributed by atoms with Gasteiger partial charge in [-0.3, -0.25) is 0 Å². The lowest BCUT2D eigenvalue weighted by molar-refractivity contribution is 0.651. The number of para-hydroxylation sites is 1. The lowest BCUT2D eigenvalue weighted by Crippen LogP contribution is -2.41. The summed E-state index contributed by atoms with van der Waals surface area (Å²) in [7, 11) is 0. The maximum Gasteiger partial charge on any atom is 0.0507 e. The first kappa shape index (κ1) is 9.87. The van der Waals surface area contributed by atoms with Gasteiger partial charge >= 0.3 is 0 Å². The minimum Gasteiger partial charge on any atom is -0.366 e. The van der Waals surface area contributed by atoms with Crippen LogP contribution >= 0.6 is 11.8 Å². The molecule has 0 saturated heterocycles. The zero-order chi connectivity index (χ0) is 9.97. The van der Waals surface area contributed by atoms with Crippen molar-refractivity contribution in [3.8, 4) is 0 Å². The summed E-state index contributed by atoms with van der Waals surface area (Å²) in [5.41, 5.74) is 7.06. The summed E-state index contributed by atoms with van der Waals surface area (Å²) in [6.45, 7) is 4.02. The second kappa shape index (κ2) is 4.24. The number of hydrogen-bond acceptors (Lipinski definition) is 3. The van der Waals surface area contributed by atoms with E-state index in [2.05, 4.69) is 36.1 Å². The summed E-state index contributed by atoms with van der Waals surface area (Å²) >= 11 is 1.94. The maximum atomic E-state index is 5.71. The van der Waals surface area contributed by atoms with Gasteiger partial charge in [-0.1, -0.05) is 12.1 Å². The minimum atomic E-state index is 0.442. The van der Waals surface area contributed by atoms with Gasteiger partial charge in [0.15, 0.2) is 0 Å². The molecule has 14 heavy (non-hydrogen) atoms. The number of fused-ring (bicyclic) bond motifs is 1. The van der Waals surface area contributed by atoms with Crippen molar-refractivity contribution in [3.63, 3.8) is 0 Å². The number of rotatable bonds is 2. The predicted octanol–water partition coefficient (Wildman–Crippen LogP) is 1.95. The summed E-state index contributed by atoms with van der Waals surface area (Å²) in [6.07, 6.45) is 0. The molecule has 1 aliphatic rings. The minimum absolute atomic E-state index is 0.442. The second-order valence-electron chi connectivity index (χ2n) is 3.59. The van der Waals surface area contributed by atoms with Crippen LogP contribution in [0.3, 0.4) is 0 Å². The topological polar surface area (TPSA) is 29.3 Å². The molecule has 1 atom stereocenters. The standard InChI is InChI=1S/C11H16N2S/c1-9(8-12)13-6-7-14-11-5-3-2-4-10(11)13/h2-5,9H,6-8,12H2,1H3. The molecule has 0 fully saturated rings.